The van der Waals surface area contributed by atoms with Crippen LogP contribution in [0.1, 0.15) is 0 Å². The molecule has 4 heteroatoms. The predicted octanol–water partition coefficient (Wildman–Crippen LogP) is 9.57. The first kappa shape index (κ1) is 21.2. The zero-order chi connectivity index (χ0) is 23.9. The van der Waals surface area contributed by atoms with E-state index in [1.807, 2.05) is 23.4 Å². The van der Waals surface area contributed by atoms with Crippen molar-refractivity contribution in [2.45, 2.75) is 0 Å². The van der Waals surface area contributed by atoms with Gasteiger partial charge in [0.05, 0.1) is 20.8 Å². The van der Waals surface area contributed by atoms with Crippen molar-refractivity contribution < 1.29 is 0 Å². The minimum atomic E-state index is 1.19. The molecule has 0 N–H and O–H groups in total. The van der Waals surface area contributed by atoms with E-state index in [0.29, 0.717) is 0 Å². The summed E-state index contributed by atoms with van der Waals surface area (Å²) in [5.41, 5.74) is 11.2. The molecule has 0 spiro atoms. The van der Waals surface area contributed by atoms with Gasteiger partial charge in [-0.05, 0) is 54.9 Å². The van der Waals surface area contributed by atoms with Crippen LogP contribution in [0, 0.1) is 0 Å². The van der Waals surface area contributed by atoms with E-state index in [1.54, 1.807) is 22.7 Å². The van der Waals surface area contributed by atoms with Gasteiger partial charge in [0.1, 0.15) is 0 Å². The van der Waals surface area contributed by atoms with Crippen molar-refractivity contribution in [3.05, 3.63) is 120 Å². The molecule has 7 aromatic rings. The molecular formula is C32H20N2S2. The quantitative estimate of drug-likeness (QED) is 0.227. The van der Waals surface area contributed by atoms with Crippen molar-refractivity contribution in [2.75, 3.05) is 0 Å². The first-order valence-electron chi connectivity index (χ1n) is 11.8. The fourth-order valence-electron chi connectivity index (χ4n) is 5.07. The summed E-state index contributed by atoms with van der Waals surface area (Å²) in [7, 11) is 0. The summed E-state index contributed by atoms with van der Waals surface area (Å²) in [5.74, 6) is 0. The number of aromatic nitrogens is 2. The zero-order valence-corrected chi connectivity index (χ0v) is 20.9. The van der Waals surface area contributed by atoms with E-state index < -0.39 is 0 Å². The average Bonchev–Trinajstić information content (AvgIpc) is 3.67. The Morgan fingerprint density at radius 3 is 1.03 bits per heavy atom. The summed E-state index contributed by atoms with van der Waals surface area (Å²) in [5, 5.41) is 5.07. The maximum Gasteiger partial charge on any atom is 0.0797 e. The lowest BCUT2D eigenvalue weighted by Gasteiger charge is -2.18. The molecule has 2 aromatic heterocycles. The van der Waals surface area contributed by atoms with Crippen molar-refractivity contribution in [1.82, 2.24) is 9.97 Å². The lowest BCUT2D eigenvalue weighted by molar-refractivity contribution is 1.42. The highest BCUT2D eigenvalue weighted by atomic mass is 32.1. The van der Waals surface area contributed by atoms with Gasteiger partial charge < -0.3 is 0 Å². The van der Waals surface area contributed by atoms with Crippen LogP contribution in [0.5, 0.6) is 0 Å². The Morgan fingerprint density at radius 2 is 0.722 bits per heavy atom. The summed E-state index contributed by atoms with van der Waals surface area (Å²) in [6, 6.07) is 35.4. The standard InChI is InChI=1S/C32H20N2S2/c1-2-6-26-25(5-1)31(23-13-9-21(10-14-23)29-17-33-19-35-29)27-7-3-4-8-28(27)32(26)24-15-11-22(12-16-24)30-18-34-20-36-30/h1-20H. The number of hydrogen-bond acceptors (Lipinski definition) is 4. The zero-order valence-electron chi connectivity index (χ0n) is 19.3. The number of fused-ring (bicyclic) bond motifs is 2. The molecule has 0 fully saturated rings. The first-order chi connectivity index (χ1) is 17.9. The lowest BCUT2D eigenvalue weighted by Crippen LogP contribution is -1.91. The maximum atomic E-state index is 4.24. The normalized spacial score (nSPS) is 11.3. The van der Waals surface area contributed by atoms with Crippen LogP contribution in [0.4, 0.5) is 0 Å². The number of thiazole rings is 2. The summed E-state index contributed by atoms with van der Waals surface area (Å²) >= 11 is 3.34. The van der Waals surface area contributed by atoms with Crippen LogP contribution in [0.25, 0.3) is 64.7 Å². The second-order valence-corrected chi connectivity index (χ2v) is 10.5. The third-order valence-corrected chi connectivity index (χ3v) is 8.36. The molecule has 0 aliphatic rings. The molecule has 2 nitrogen and oxygen atoms in total. The Kier molecular flexibility index (Phi) is 5.20. The molecule has 0 amide bonds. The molecule has 0 saturated heterocycles. The van der Waals surface area contributed by atoms with Gasteiger partial charge in [-0.2, -0.15) is 0 Å². The van der Waals surface area contributed by atoms with Gasteiger partial charge in [-0.15, -0.1) is 22.7 Å². The van der Waals surface area contributed by atoms with Crippen LogP contribution in [0.2, 0.25) is 0 Å². The first-order valence-corrected chi connectivity index (χ1v) is 13.5. The number of benzene rings is 5. The van der Waals surface area contributed by atoms with Gasteiger partial charge in [0.15, 0.2) is 0 Å². The van der Waals surface area contributed by atoms with Gasteiger partial charge in [-0.3, -0.25) is 9.97 Å². The highest BCUT2D eigenvalue weighted by Crippen LogP contribution is 2.44. The van der Waals surface area contributed by atoms with E-state index in [9.17, 15) is 0 Å². The van der Waals surface area contributed by atoms with Gasteiger partial charge >= 0.3 is 0 Å². The largest absolute Gasteiger partial charge is 0.252 e. The fraction of sp³-hybridized carbons (Fsp3) is 0. The van der Waals surface area contributed by atoms with Gasteiger partial charge in [0.25, 0.3) is 0 Å². The highest BCUT2D eigenvalue weighted by molar-refractivity contribution is 7.13. The van der Waals surface area contributed by atoms with Gasteiger partial charge in [0.2, 0.25) is 0 Å². The van der Waals surface area contributed by atoms with Gasteiger partial charge in [0, 0.05) is 12.4 Å². The summed E-state index contributed by atoms with van der Waals surface area (Å²) in [6.07, 6.45) is 3.86. The van der Waals surface area contributed by atoms with Crippen LogP contribution < -0.4 is 0 Å². The van der Waals surface area contributed by atoms with E-state index in [0.717, 1.165) is 0 Å². The van der Waals surface area contributed by atoms with E-state index in [-0.39, 0.29) is 0 Å². The van der Waals surface area contributed by atoms with Crippen molar-refractivity contribution in [1.29, 1.82) is 0 Å². The molecule has 36 heavy (non-hydrogen) atoms. The molecule has 5 aromatic carbocycles. The molecular weight excluding hydrogens is 477 g/mol. The predicted molar refractivity (Wildman–Crippen MR) is 155 cm³/mol. The van der Waals surface area contributed by atoms with Gasteiger partial charge in [-0.1, -0.05) is 97.1 Å². The van der Waals surface area contributed by atoms with E-state index in [4.69, 9.17) is 0 Å². The minimum Gasteiger partial charge on any atom is -0.252 e. The van der Waals surface area contributed by atoms with Crippen molar-refractivity contribution in [3.63, 3.8) is 0 Å². The Labute approximate surface area is 217 Å². The Hall–Kier alpha value is -4.12. The molecule has 0 aliphatic carbocycles. The lowest BCUT2D eigenvalue weighted by atomic mass is 9.85. The van der Waals surface area contributed by atoms with Crippen LogP contribution in [-0.2, 0) is 0 Å². The van der Waals surface area contributed by atoms with Crippen LogP contribution in [-0.4, -0.2) is 9.97 Å². The Bertz CT molecular complexity index is 1610. The third kappa shape index (κ3) is 3.54. The SMILES string of the molecule is c1ccc2c(-c3ccc(-c4cncs4)cc3)c3ccccc3c(-c3ccc(-c4cncs4)cc3)c2c1. The van der Waals surface area contributed by atoms with E-state index in [1.165, 1.54) is 64.7 Å². The van der Waals surface area contributed by atoms with Crippen LogP contribution in [0.3, 0.4) is 0 Å². The maximum absolute atomic E-state index is 4.24. The van der Waals surface area contributed by atoms with Crippen LogP contribution in [0.15, 0.2) is 120 Å². The van der Waals surface area contributed by atoms with Crippen LogP contribution >= 0.6 is 22.7 Å². The number of rotatable bonds is 4. The Morgan fingerprint density at radius 1 is 0.389 bits per heavy atom. The highest BCUT2D eigenvalue weighted by Gasteiger charge is 2.16. The Balaban J connectivity index is 1.45. The molecule has 0 atom stereocenters. The van der Waals surface area contributed by atoms with E-state index >= 15 is 0 Å². The summed E-state index contributed by atoms with van der Waals surface area (Å²) < 4.78 is 0. The molecule has 0 aliphatic heterocycles. The molecule has 170 valence electrons. The fourth-order valence-corrected chi connectivity index (χ4v) is 6.33. The molecule has 7 rings (SSSR count). The molecule has 0 radical (unpaired) electrons. The smallest absolute Gasteiger partial charge is 0.0797 e. The molecule has 0 unspecified atom stereocenters. The molecule has 0 saturated carbocycles. The van der Waals surface area contributed by atoms with Crippen molar-refractivity contribution in [2.24, 2.45) is 0 Å². The summed E-state index contributed by atoms with van der Waals surface area (Å²) in [6.45, 7) is 0. The number of nitrogens with zero attached hydrogens (tertiary/aromatic N) is 2. The van der Waals surface area contributed by atoms with Gasteiger partial charge in [-0.25, -0.2) is 0 Å². The topological polar surface area (TPSA) is 25.8 Å². The second-order valence-electron chi connectivity index (χ2n) is 8.73. The van der Waals surface area contributed by atoms with Crippen molar-refractivity contribution in [3.8, 4) is 43.1 Å². The summed E-state index contributed by atoms with van der Waals surface area (Å²) in [4.78, 5) is 10.8. The third-order valence-electron chi connectivity index (χ3n) is 6.71. The monoisotopic (exact) mass is 496 g/mol. The number of hydrogen-bond donors (Lipinski definition) is 0. The molecule has 2 heterocycles. The van der Waals surface area contributed by atoms with Crippen molar-refractivity contribution >= 4 is 44.2 Å². The molecule has 0 bridgehead atoms. The second kappa shape index (κ2) is 8.83. The minimum absolute atomic E-state index is 1.19. The van der Waals surface area contributed by atoms with E-state index in [2.05, 4.69) is 107 Å². The average molecular weight is 497 g/mol.